The first-order valence-corrected chi connectivity index (χ1v) is 7.66. The molecule has 0 aliphatic carbocycles. The molecular weight excluding hydrogens is 266 g/mol. The molecule has 3 heterocycles. The molecule has 1 aliphatic heterocycles. The Labute approximate surface area is 124 Å². The Bertz CT molecular complexity index is 586. The van der Waals surface area contributed by atoms with Crippen LogP contribution in [0.1, 0.15) is 62.7 Å². The largest absolute Gasteiger partial charge is 0.286 e. The van der Waals surface area contributed by atoms with Crippen molar-refractivity contribution in [1.82, 2.24) is 34.8 Å². The van der Waals surface area contributed by atoms with Crippen molar-refractivity contribution in [2.75, 3.05) is 6.54 Å². The highest BCUT2D eigenvalue weighted by molar-refractivity contribution is 4.99. The van der Waals surface area contributed by atoms with Crippen LogP contribution < -0.4 is 0 Å². The number of H-pyrrole nitrogens is 1. The van der Waals surface area contributed by atoms with Crippen molar-refractivity contribution in [1.29, 1.82) is 0 Å². The summed E-state index contributed by atoms with van der Waals surface area (Å²) in [5.74, 6) is 2.80. The van der Waals surface area contributed by atoms with Crippen LogP contribution in [0.15, 0.2) is 6.33 Å². The number of aryl methyl sites for hydroxylation is 1. The van der Waals surface area contributed by atoms with Crippen LogP contribution in [0, 0.1) is 6.92 Å². The molecule has 1 N–H and O–H groups in total. The van der Waals surface area contributed by atoms with E-state index in [2.05, 4.69) is 44.0 Å². The molecule has 0 unspecified atom stereocenters. The van der Waals surface area contributed by atoms with Crippen molar-refractivity contribution < 1.29 is 0 Å². The molecule has 0 aromatic carbocycles. The van der Waals surface area contributed by atoms with Crippen molar-refractivity contribution in [3.05, 3.63) is 23.8 Å². The maximum absolute atomic E-state index is 4.52. The molecule has 0 spiro atoms. The molecular formula is C14H23N7. The molecule has 3 rings (SSSR count). The lowest BCUT2D eigenvalue weighted by molar-refractivity contribution is 0.127. The Morgan fingerprint density at radius 3 is 2.95 bits per heavy atom. The Hall–Kier alpha value is -1.76. The molecule has 0 amide bonds. The highest BCUT2D eigenvalue weighted by atomic mass is 15.4. The quantitative estimate of drug-likeness (QED) is 0.932. The molecule has 0 radical (unpaired) electrons. The predicted molar refractivity (Wildman–Crippen MR) is 78.5 cm³/mol. The number of rotatable bonds is 4. The standard InChI is InChI=1S/C14H23N7/c1-10(2)21-13(15-9-16-21)8-20-7-5-4-6-12(20)14-17-11(3)18-19-14/h9-10,12H,4-8H2,1-3H3,(H,17,18,19)/t12-/m1/s1. The first-order valence-electron chi connectivity index (χ1n) is 7.66. The number of nitrogens with zero attached hydrogens (tertiary/aromatic N) is 6. The predicted octanol–water partition coefficient (Wildman–Crippen LogP) is 2.01. The van der Waals surface area contributed by atoms with E-state index in [-0.39, 0.29) is 6.04 Å². The summed E-state index contributed by atoms with van der Waals surface area (Å²) >= 11 is 0. The van der Waals surface area contributed by atoms with E-state index in [1.54, 1.807) is 6.33 Å². The van der Waals surface area contributed by atoms with Crippen molar-refractivity contribution in [3.8, 4) is 0 Å². The minimum Gasteiger partial charge on any atom is -0.286 e. The number of hydrogen-bond donors (Lipinski definition) is 1. The number of likely N-dealkylation sites (tertiary alicyclic amines) is 1. The Morgan fingerprint density at radius 1 is 1.38 bits per heavy atom. The topological polar surface area (TPSA) is 75.5 Å². The summed E-state index contributed by atoms with van der Waals surface area (Å²) in [6.07, 6.45) is 5.19. The van der Waals surface area contributed by atoms with Gasteiger partial charge in [0.2, 0.25) is 0 Å². The van der Waals surface area contributed by atoms with E-state index in [0.717, 1.165) is 37.0 Å². The van der Waals surface area contributed by atoms with Gasteiger partial charge < -0.3 is 0 Å². The molecule has 7 heteroatoms. The fraction of sp³-hybridized carbons (Fsp3) is 0.714. The number of hydrogen-bond acceptors (Lipinski definition) is 5. The maximum atomic E-state index is 4.52. The normalized spacial score (nSPS) is 20.3. The van der Waals surface area contributed by atoms with E-state index in [0.29, 0.717) is 6.04 Å². The number of aromatic nitrogens is 6. The molecule has 1 aliphatic rings. The average Bonchev–Trinajstić information content (AvgIpc) is 3.08. The van der Waals surface area contributed by atoms with Crippen LogP contribution in [-0.2, 0) is 6.54 Å². The van der Waals surface area contributed by atoms with Crippen molar-refractivity contribution >= 4 is 0 Å². The Morgan fingerprint density at radius 2 is 2.24 bits per heavy atom. The Balaban J connectivity index is 1.80. The molecule has 1 atom stereocenters. The van der Waals surface area contributed by atoms with Gasteiger partial charge in [-0.25, -0.2) is 14.6 Å². The van der Waals surface area contributed by atoms with Gasteiger partial charge in [0.05, 0.1) is 12.6 Å². The van der Waals surface area contributed by atoms with Gasteiger partial charge in [-0.2, -0.15) is 10.2 Å². The third-order valence-corrected chi connectivity index (χ3v) is 4.01. The second-order valence-electron chi connectivity index (χ2n) is 5.98. The first-order chi connectivity index (χ1) is 10.1. The van der Waals surface area contributed by atoms with Gasteiger partial charge in [0.25, 0.3) is 0 Å². The molecule has 1 saturated heterocycles. The van der Waals surface area contributed by atoms with Gasteiger partial charge in [0.1, 0.15) is 18.0 Å². The number of aromatic amines is 1. The van der Waals surface area contributed by atoms with Gasteiger partial charge >= 0.3 is 0 Å². The van der Waals surface area contributed by atoms with Crippen molar-refractivity contribution in [2.24, 2.45) is 0 Å². The SMILES string of the molecule is Cc1nc([C@H]2CCCCN2Cc2ncnn2C(C)C)n[nH]1. The minimum absolute atomic E-state index is 0.279. The van der Waals surface area contributed by atoms with Crippen molar-refractivity contribution in [2.45, 2.75) is 58.7 Å². The van der Waals surface area contributed by atoms with Crippen LogP contribution in [0.5, 0.6) is 0 Å². The zero-order valence-corrected chi connectivity index (χ0v) is 13.0. The zero-order chi connectivity index (χ0) is 14.8. The summed E-state index contributed by atoms with van der Waals surface area (Å²) in [6.45, 7) is 8.06. The molecule has 0 saturated carbocycles. The lowest BCUT2D eigenvalue weighted by atomic mass is 10.0. The van der Waals surface area contributed by atoms with Gasteiger partial charge in [-0.05, 0) is 40.2 Å². The van der Waals surface area contributed by atoms with Crippen LogP contribution in [0.4, 0.5) is 0 Å². The van der Waals surface area contributed by atoms with Crippen LogP contribution in [0.2, 0.25) is 0 Å². The zero-order valence-electron chi connectivity index (χ0n) is 13.0. The molecule has 2 aromatic heterocycles. The van der Waals surface area contributed by atoms with E-state index < -0.39 is 0 Å². The van der Waals surface area contributed by atoms with Gasteiger partial charge in [-0.1, -0.05) is 6.42 Å². The van der Waals surface area contributed by atoms with Gasteiger partial charge in [-0.15, -0.1) is 0 Å². The number of piperidine rings is 1. The van der Waals surface area contributed by atoms with Crippen LogP contribution in [-0.4, -0.2) is 41.4 Å². The highest BCUT2D eigenvalue weighted by Crippen LogP contribution is 2.30. The fourth-order valence-electron chi connectivity index (χ4n) is 2.98. The maximum Gasteiger partial charge on any atom is 0.167 e. The van der Waals surface area contributed by atoms with E-state index in [1.807, 2.05) is 11.6 Å². The van der Waals surface area contributed by atoms with Crippen LogP contribution in [0.3, 0.4) is 0 Å². The summed E-state index contributed by atoms with van der Waals surface area (Å²) in [5, 5.41) is 11.6. The van der Waals surface area contributed by atoms with E-state index >= 15 is 0 Å². The summed E-state index contributed by atoms with van der Waals surface area (Å²) in [5.41, 5.74) is 0. The summed E-state index contributed by atoms with van der Waals surface area (Å²) < 4.78 is 1.99. The fourth-order valence-corrected chi connectivity index (χ4v) is 2.98. The second kappa shape index (κ2) is 5.93. The van der Waals surface area contributed by atoms with E-state index in [1.165, 1.54) is 12.8 Å². The molecule has 0 bridgehead atoms. The van der Waals surface area contributed by atoms with Crippen molar-refractivity contribution in [3.63, 3.8) is 0 Å². The third kappa shape index (κ3) is 2.97. The molecule has 114 valence electrons. The van der Waals surface area contributed by atoms with Gasteiger partial charge in [-0.3, -0.25) is 10.00 Å². The smallest absolute Gasteiger partial charge is 0.167 e. The van der Waals surface area contributed by atoms with E-state index in [4.69, 9.17) is 0 Å². The minimum atomic E-state index is 0.279. The third-order valence-electron chi connectivity index (χ3n) is 4.01. The van der Waals surface area contributed by atoms with Crippen LogP contribution >= 0.6 is 0 Å². The lowest BCUT2D eigenvalue weighted by Crippen LogP contribution is -2.34. The monoisotopic (exact) mass is 289 g/mol. The molecule has 1 fully saturated rings. The molecule has 7 nitrogen and oxygen atoms in total. The Kier molecular flexibility index (Phi) is 4.01. The summed E-state index contributed by atoms with van der Waals surface area (Å²) in [6, 6.07) is 0.609. The van der Waals surface area contributed by atoms with Gasteiger partial charge in [0, 0.05) is 6.04 Å². The summed E-state index contributed by atoms with van der Waals surface area (Å²) in [7, 11) is 0. The lowest BCUT2D eigenvalue weighted by Gasteiger charge is -2.33. The highest BCUT2D eigenvalue weighted by Gasteiger charge is 2.28. The van der Waals surface area contributed by atoms with Crippen LogP contribution in [0.25, 0.3) is 0 Å². The first kappa shape index (κ1) is 14.2. The summed E-state index contributed by atoms with van der Waals surface area (Å²) in [4.78, 5) is 11.4. The molecule has 21 heavy (non-hydrogen) atoms. The number of nitrogens with one attached hydrogen (secondary N) is 1. The molecule has 2 aromatic rings. The van der Waals surface area contributed by atoms with E-state index in [9.17, 15) is 0 Å². The second-order valence-corrected chi connectivity index (χ2v) is 5.98. The average molecular weight is 289 g/mol. The van der Waals surface area contributed by atoms with Gasteiger partial charge in [0.15, 0.2) is 5.82 Å².